The summed E-state index contributed by atoms with van der Waals surface area (Å²) in [6, 6.07) is 0. The molecule has 4 nitrogen and oxygen atoms in total. The number of fused-ring (bicyclic) bond motifs is 2. The topological polar surface area (TPSA) is 72.6 Å². The lowest BCUT2D eigenvalue weighted by molar-refractivity contribution is -0.0549. The molecule has 2 bridgehead atoms. The number of ether oxygens (including phenoxy) is 1. The van der Waals surface area contributed by atoms with E-state index in [1.165, 1.54) is 0 Å². The van der Waals surface area contributed by atoms with Gasteiger partial charge in [0.15, 0.2) is 0 Å². The van der Waals surface area contributed by atoms with Gasteiger partial charge in [0.25, 0.3) is 0 Å². The number of aliphatic hydroxyl groups is 1. The summed E-state index contributed by atoms with van der Waals surface area (Å²) in [6.45, 7) is 6.35. The minimum Gasteiger partial charge on any atom is -0.443 e. The molecule has 0 aromatic heterocycles. The third-order valence-corrected chi connectivity index (χ3v) is 4.99. The lowest BCUT2D eigenvalue weighted by atomic mass is 9.70. The fraction of sp³-hybridized carbons (Fsp3) is 0.909. The lowest BCUT2D eigenvalue weighted by Crippen LogP contribution is -2.42. The number of rotatable bonds is 1. The molecule has 0 spiro atoms. The molecule has 1 amide bonds. The number of amides is 1. The molecular weight excluding hydrogens is 194 g/mol. The Kier molecular flexibility index (Phi) is 2.06. The minimum atomic E-state index is -0.786. The van der Waals surface area contributed by atoms with Gasteiger partial charge in [-0.25, -0.2) is 4.79 Å². The van der Waals surface area contributed by atoms with Gasteiger partial charge in [-0.05, 0) is 18.3 Å². The summed E-state index contributed by atoms with van der Waals surface area (Å²) in [5.41, 5.74) is 4.88. The molecule has 0 aromatic carbocycles. The Bertz CT molecular complexity index is 302. The van der Waals surface area contributed by atoms with Crippen LogP contribution in [0.25, 0.3) is 0 Å². The van der Waals surface area contributed by atoms with Gasteiger partial charge in [0, 0.05) is 11.3 Å². The van der Waals surface area contributed by atoms with Crippen LogP contribution in [0, 0.1) is 16.7 Å². The van der Waals surface area contributed by atoms with Crippen molar-refractivity contribution in [3.05, 3.63) is 0 Å². The third-order valence-electron chi connectivity index (χ3n) is 4.99. The summed E-state index contributed by atoms with van der Waals surface area (Å²) in [5.74, 6) is 0.227. The van der Waals surface area contributed by atoms with E-state index >= 15 is 0 Å². The van der Waals surface area contributed by atoms with Crippen molar-refractivity contribution >= 4 is 6.09 Å². The van der Waals surface area contributed by atoms with Crippen molar-refractivity contribution in [2.75, 3.05) is 0 Å². The zero-order valence-corrected chi connectivity index (χ0v) is 9.49. The monoisotopic (exact) mass is 213 g/mol. The Hall–Kier alpha value is -0.770. The Morgan fingerprint density at radius 3 is 2.47 bits per heavy atom. The average Bonchev–Trinajstić information content (AvgIpc) is 2.40. The maximum atomic E-state index is 10.8. The molecule has 2 aliphatic rings. The maximum absolute atomic E-state index is 10.8. The first-order valence-corrected chi connectivity index (χ1v) is 5.45. The van der Waals surface area contributed by atoms with Crippen molar-refractivity contribution in [1.29, 1.82) is 0 Å². The third kappa shape index (κ3) is 1.14. The van der Waals surface area contributed by atoms with E-state index in [-0.39, 0.29) is 16.7 Å². The zero-order valence-electron chi connectivity index (χ0n) is 9.49. The maximum Gasteiger partial charge on any atom is 0.404 e. The Morgan fingerprint density at radius 1 is 1.47 bits per heavy atom. The molecule has 0 radical (unpaired) electrons. The standard InChI is InChI=1S/C11H19NO3/c1-10(2)6-4-5-11(10,3)8(13)7(6)15-9(12)14/h6-8,13H,4-5H2,1-3H3,(H2,12,14)/t6?,7-,8-,11?/m1/s1. The second kappa shape index (κ2) is 2.88. The van der Waals surface area contributed by atoms with Crippen molar-refractivity contribution in [3.8, 4) is 0 Å². The molecule has 15 heavy (non-hydrogen) atoms. The van der Waals surface area contributed by atoms with Crippen molar-refractivity contribution in [2.45, 2.75) is 45.8 Å². The van der Waals surface area contributed by atoms with Gasteiger partial charge >= 0.3 is 6.09 Å². The van der Waals surface area contributed by atoms with Gasteiger partial charge < -0.3 is 15.6 Å². The highest BCUT2D eigenvalue weighted by Crippen LogP contribution is 2.65. The van der Waals surface area contributed by atoms with E-state index in [4.69, 9.17) is 10.5 Å². The molecule has 0 saturated heterocycles. The van der Waals surface area contributed by atoms with Crippen LogP contribution < -0.4 is 5.73 Å². The zero-order chi connectivity index (χ0) is 11.4. The Labute approximate surface area is 89.8 Å². The largest absolute Gasteiger partial charge is 0.443 e. The first-order valence-electron chi connectivity index (χ1n) is 5.45. The second-order valence-electron chi connectivity index (χ2n) is 5.63. The molecule has 86 valence electrons. The smallest absolute Gasteiger partial charge is 0.404 e. The van der Waals surface area contributed by atoms with Crippen LogP contribution >= 0.6 is 0 Å². The highest BCUT2D eigenvalue weighted by Gasteiger charge is 2.67. The van der Waals surface area contributed by atoms with E-state index in [0.29, 0.717) is 0 Å². The second-order valence-corrected chi connectivity index (χ2v) is 5.63. The van der Waals surface area contributed by atoms with Crippen LogP contribution in [0.5, 0.6) is 0 Å². The fourth-order valence-corrected chi connectivity index (χ4v) is 3.53. The molecule has 3 N–H and O–H groups in total. The van der Waals surface area contributed by atoms with Crippen molar-refractivity contribution < 1.29 is 14.6 Å². The van der Waals surface area contributed by atoms with Crippen molar-refractivity contribution in [1.82, 2.24) is 0 Å². The van der Waals surface area contributed by atoms with Gasteiger partial charge in [-0.3, -0.25) is 0 Å². The first kappa shape index (κ1) is 10.7. The molecular formula is C11H19NO3. The van der Waals surface area contributed by atoms with Crippen LogP contribution in [0.15, 0.2) is 0 Å². The van der Waals surface area contributed by atoms with E-state index in [0.717, 1.165) is 12.8 Å². The van der Waals surface area contributed by atoms with E-state index in [2.05, 4.69) is 20.8 Å². The summed E-state index contributed by atoms with van der Waals surface area (Å²) in [5, 5.41) is 10.2. The number of carbonyl (C=O) groups is 1. The van der Waals surface area contributed by atoms with Gasteiger partial charge in [-0.15, -0.1) is 0 Å². The normalized spacial score (nSPS) is 46.8. The number of hydrogen-bond donors (Lipinski definition) is 2. The molecule has 2 aliphatic carbocycles. The molecule has 2 unspecified atom stereocenters. The molecule has 4 heteroatoms. The molecule has 2 saturated carbocycles. The van der Waals surface area contributed by atoms with E-state index < -0.39 is 18.3 Å². The molecule has 0 aromatic rings. The molecule has 2 fully saturated rings. The van der Waals surface area contributed by atoms with Crippen LogP contribution in [0.2, 0.25) is 0 Å². The average molecular weight is 213 g/mol. The van der Waals surface area contributed by atoms with Crippen LogP contribution in [-0.2, 0) is 4.74 Å². The van der Waals surface area contributed by atoms with Gasteiger partial charge in [0.05, 0.1) is 6.10 Å². The van der Waals surface area contributed by atoms with Crippen molar-refractivity contribution in [3.63, 3.8) is 0 Å². The molecule has 4 atom stereocenters. The van der Waals surface area contributed by atoms with Gasteiger partial charge in [-0.2, -0.15) is 0 Å². The summed E-state index contributed by atoms with van der Waals surface area (Å²) < 4.78 is 5.05. The van der Waals surface area contributed by atoms with Crippen LogP contribution in [-0.4, -0.2) is 23.4 Å². The summed E-state index contributed by atoms with van der Waals surface area (Å²) >= 11 is 0. The first-order chi connectivity index (χ1) is 6.80. The van der Waals surface area contributed by atoms with Gasteiger partial charge in [0.1, 0.15) is 6.10 Å². The minimum absolute atomic E-state index is 0.00648. The fourth-order valence-electron chi connectivity index (χ4n) is 3.53. The number of nitrogens with two attached hydrogens (primary N) is 1. The number of primary amides is 1. The van der Waals surface area contributed by atoms with Crippen LogP contribution in [0.4, 0.5) is 4.79 Å². The quantitative estimate of drug-likeness (QED) is 0.689. The molecule has 2 rings (SSSR count). The van der Waals surface area contributed by atoms with Crippen molar-refractivity contribution in [2.24, 2.45) is 22.5 Å². The highest BCUT2D eigenvalue weighted by molar-refractivity contribution is 5.65. The summed E-state index contributed by atoms with van der Waals surface area (Å²) in [4.78, 5) is 10.8. The number of aliphatic hydroxyl groups excluding tert-OH is 1. The van der Waals surface area contributed by atoms with Gasteiger partial charge in [-0.1, -0.05) is 20.8 Å². The predicted octanol–water partition coefficient (Wildman–Crippen LogP) is 1.27. The van der Waals surface area contributed by atoms with E-state index in [1.807, 2.05) is 0 Å². The highest BCUT2D eigenvalue weighted by atomic mass is 16.6. The molecule has 0 aliphatic heterocycles. The van der Waals surface area contributed by atoms with Gasteiger partial charge in [0.2, 0.25) is 0 Å². The Morgan fingerprint density at radius 2 is 2.07 bits per heavy atom. The predicted molar refractivity (Wildman–Crippen MR) is 55.1 cm³/mol. The lowest BCUT2D eigenvalue weighted by Gasteiger charge is -2.36. The number of carbonyl (C=O) groups excluding carboxylic acids is 1. The summed E-state index contributed by atoms with van der Waals surface area (Å²) in [6.07, 6.45) is 0.198. The van der Waals surface area contributed by atoms with E-state index in [1.54, 1.807) is 0 Å². The summed E-state index contributed by atoms with van der Waals surface area (Å²) in [7, 11) is 0. The number of hydrogen-bond acceptors (Lipinski definition) is 3. The SMILES string of the molecule is CC1(C)C2CCC1(C)[C@H](O)[C@@H]2OC(N)=O. The Balaban J connectivity index is 2.29. The van der Waals surface area contributed by atoms with Crippen LogP contribution in [0.1, 0.15) is 33.6 Å². The van der Waals surface area contributed by atoms with Crippen LogP contribution in [0.3, 0.4) is 0 Å². The van der Waals surface area contributed by atoms with E-state index in [9.17, 15) is 9.90 Å². The molecule has 0 heterocycles.